The molecular weight excluding hydrogens is 230 g/mol. The molecule has 0 radical (unpaired) electrons. The molecule has 0 aromatic heterocycles. The lowest BCUT2D eigenvalue weighted by Gasteiger charge is -2.05. The number of benzene rings is 1. The summed E-state index contributed by atoms with van der Waals surface area (Å²) in [7, 11) is 1.67. The number of nitrogens with two attached hydrogens (primary N) is 1. The maximum Gasteiger partial charge on any atom is 0.133 e. The molecule has 0 unspecified atom stereocenters. The summed E-state index contributed by atoms with van der Waals surface area (Å²) in [5.74, 6) is 1.43. The van der Waals surface area contributed by atoms with Crippen molar-refractivity contribution in [3.8, 4) is 5.75 Å². The van der Waals surface area contributed by atoms with E-state index in [1.807, 2.05) is 6.07 Å². The lowest BCUT2D eigenvalue weighted by atomic mass is 10.1. The Bertz CT molecular complexity index is 327. The first-order chi connectivity index (χ1) is 6.22. The van der Waals surface area contributed by atoms with Gasteiger partial charge in [0.05, 0.1) is 11.6 Å². The van der Waals surface area contributed by atoms with Gasteiger partial charge in [0, 0.05) is 12.0 Å². The van der Waals surface area contributed by atoms with Crippen LogP contribution in [0.15, 0.2) is 22.7 Å². The topological polar surface area (TPSA) is 35.2 Å². The number of hydrogen-bond acceptors (Lipinski definition) is 2. The molecule has 0 saturated heterocycles. The van der Waals surface area contributed by atoms with E-state index in [1.54, 1.807) is 7.11 Å². The Labute approximate surface area is 86.2 Å². The first-order valence-electron chi connectivity index (χ1n) is 4.31. The molecule has 2 N–H and O–H groups in total. The number of methoxy groups -OCH3 is 1. The van der Waals surface area contributed by atoms with Crippen LogP contribution in [0.5, 0.6) is 5.75 Å². The summed E-state index contributed by atoms with van der Waals surface area (Å²) in [5.41, 5.74) is 7.08. The molecule has 1 fully saturated rings. The average molecular weight is 242 g/mol. The molecule has 0 spiro atoms. The van der Waals surface area contributed by atoms with Crippen LogP contribution in [0, 0.1) is 0 Å². The third-order valence-electron chi connectivity index (χ3n) is 2.44. The van der Waals surface area contributed by atoms with Crippen LogP contribution in [0.1, 0.15) is 17.9 Å². The monoisotopic (exact) mass is 241 g/mol. The largest absolute Gasteiger partial charge is 0.496 e. The summed E-state index contributed by atoms with van der Waals surface area (Å²) >= 11 is 3.46. The van der Waals surface area contributed by atoms with Gasteiger partial charge in [-0.15, -0.1) is 0 Å². The first kappa shape index (κ1) is 9.03. The van der Waals surface area contributed by atoms with Crippen molar-refractivity contribution in [2.24, 2.45) is 5.73 Å². The Hall–Kier alpha value is -0.540. The molecular formula is C10H12BrNO. The molecule has 2 nitrogen and oxygen atoms in total. The predicted octanol–water partition coefficient (Wildman–Crippen LogP) is 2.27. The number of hydrogen-bond donors (Lipinski definition) is 1. The van der Waals surface area contributed by atoms with Crippen LogP contribution < -0.4 is 10.5 Å². The van der Waals surface area contributed by atoms with Gasteiger partial charge in [-0.05, 0) is 40.0 Å². The Morgan fingerprint density at radius 1 is 1.54 bits per heavy atom. The molecule has 1 aliphatic carbocycles. The van der Waals surface area contributed by atoms with Gasteiger partial charge in [0.25, 0.3) is 0 Å². The fourth-order valence-corrected chi connectivity index (χ4v) is 2.07. The molecule has 1 saturated carbocycles. The molecule has 70 valence electrons. The van der Waals surface area contributed by atoms with E-state index >= 15 is 0 Å². The van der Waals surface area contributed by atoms with E-state index in [2.05, 4.69) is 28.1 Å². The van der Waals surface area contributed by atoms with Crippen molar-refractivity contribution in [3.63, 3.8) is 0 Å². The van der Waals surface area contributed by atoms with Crippen LogP contribution in [-0.4, -0.2) is 13.2 Å². The van der Waals surface area contributed by atoms with Crippen molar-refractivity contribution in [1.82, 2.24) is 0 Å². The molecule has 2 atom stereocenters. The summed E-state index contributed by atoms with van der Waals surface area (Å²) in [4.78, 5) is 0. The molecule has 0 bridgehead atoms. The minimum absolute atomic E-state index is 0.361. The Morgan fingerprint density at radius 3 is 2.69 bits per heavy atom. The second-order valence-corrected chi connectivity index (χ2v) is 4.25. The van der Waals surface area contributed by atoms with Crippen LogP contribution in [-0.2, 0) is 0 Å². The summed E-state index contributed by atoms with van der Waals surface area (Å²) in [6.45, 7) is 0. The van der Waals surface area contributed by atoms with Crippen molar-refractivity contribution in [2.75, 3.05) is 7.11 Å². The molecule has 3 heteroatoms. The van der Waals surface area contributed by atoms with Crippen LogP contribution >= 0.6 is 15.9 Å². The highest BCUT2D eigenvalue weighted by Gasteiger charge is 2.34. The first-order valence-corrected chi connectivity index (χ1v) is 5.10. The number of rotatable bonds is 2. The number of halogens is 1. The third kappa shape index (κ3) is 1.71. The van der Waals surface area contributed by atoms with Gasteiger partial charge >= 0.3 is 0 Å². The summed E-state index contributed by atoms with van der Waals surface area (Å²) in [6.07, 6.45) is 1.11. The zero-order valence-corrected chi connectivity index (χ0v) is 9.04. The van der Waals surface area contributed by atoms with Crippen molar-refractivity contribution >= 4 is 15.9 Å². The average Bonchev–Trinajstić information content (AvgIpc) is 2.82. The van der Waals surface area contributed by atoms with Gasteiger partial charge in [0.15, 0.2) is 0 Å². The van der Waals surface area contributed by atoms with Crippen molar-refractivity contribution in [1.29, 1.82) is 0 Å². The van der Waals surface area contributed by atoms with Crippen LogP contribution in [0.4, 0.5) is 0 Å². The maximum absolute atomic E-state index is 5.77. The van der Waals surface area contributed by atoms with Crippen molar-refractivity contribution < 1.29 is 4.74 Å². The van der Waals surface area contributed by atoms with Gasteiger partial charge in [-0.3, -0.25) is 0 Å². The molecule has 1 aromatic carbocycles. The van der Waals surface area contributed by atoms with Crippen molar-refractivity contribution in [2.45, 2.75) is 18.4 Å². The molecule has 1 aliphatic rings. The summed E-state index contributed by atoms with van der Waals surface area (Å²) in [5, 5.41) is 0. The smallest absolute Gasteiger partial charge is 0.133 e. The van der Waals surface area contributed by atoms with E-state index in [0.29, 0.717) is 12.0 Å². The zero-order valence-electron chi connectivity index (χ0n) is 7.46. The van der Waals surface area contributed by atoms with Crippen molar-refractivity contribution in [3.05, 3.63) is 28.2 Å². The van der Waals surface area contributed by atoms with Gasteiger partial charge in [0.1, 0.15) is 5.75 Å². The maximum atomic E-state index is 5.77. The highest BCUT2D eigenvalue weighted by atomic mass is 79.9. The van der Waals surface area contributed by atoms with Gasteiger partial charge in [-0.25, -0.2) is 0 Å². The second kappa shape index (κ2) is 3.31. The standard InChI is InChI=1S/C10H12BrNO/c1-13-10-3-2-6(4-8(10)11)7-5-9(7)12/h2-4,7,9H,5,12H2,1H3/t7-,9+/m0/s1. The lowest BCUT2D eigenvalue weighted by molar-refractivity contribution is 0.412. The fourth-order valence-electron chi connectivity index (χ4n) is 1.51. The van der Waals surface area contributed by atoms with Crippen LogP contribution in [0.25, 0.3) is 0 Å². The lowest BCUT2D eigenvalue weighted by Crippen LogP contribution is -2.00. The van der Waals surface area contributed by atoms with E-state index in [1.165, 1.54) is 5.56 Å². The van der Waals surface area contributed by atoms with E-state index in [9.17, 15) is 0 Å². The SMILES string of the molecule is COc1ccc([C@@H]2C[C@H]2N)cc1Br. The minimum atomic E-state index is 0.361. The Kier molecular flexibility index (Phi) is 2.30. The van der Waals surface area contributed by atoms with Crippen LogP contribution in [0.3, 0.4) is 0 Å². The number of ether oxygens (including phenoxy) is 1. The molecule has 1 aromatic rings. The quantitative estimate of drug-likeness (QED) is 0.863. The molecule has 0 aliphatic heterocycles. The molecule has 0 amide bonds. The molecule has 0 heterocycles. The van der Waals surface area contributed by atoms with E-state index < -0.39 is 0 Å². The highest BCUT2D eigenvalue weighted by molar-refractivity contribution is 9.10. The van der Waals surface area contributed by atoms with Gasteiger partial charge < -0.3 is 10.5 Å². The Morgan fingerprint density at radius 2 is 2.23 bits per heavy atom. The van der Waals surface area contributed by atoms with Gasteiger partial charge in [-0.1, -0.05) is 6.07 Å². The summed E-state index contributed by atoms with van der Waals surface area (Å²) in [6, 6.07) is 6.52. The van der Waals surface area contributed by atoms with Gasteiger partial charge in [-0.2, -0.15) is 0 Å². The van der Waals surface area contributed by atoms with Crippen LogP contribution in [0.2, 0.25) is 0 Å². The van der Waals surface area contributed by atoms with E-state index in [4.69, 9.17) is 10.5 Å². The third-order valence-corrected chi connectivity index (χ3v) is 3.06. The minimum Gasteiger partial charge on any atom is -0.496 e. The fraction of sp³-hybridized carbons (Fsp3) is 0.400. The van der Waals surface area contributed by atoms with E-state index in [0.717, 1.165) is 16.6 Å². The Balaban J connectivity index is 2.25. The highest BCUT2D eigenvalue weighted by Crippen LogP contribution is 2.41. The normalized spacial score (nSPS) is 25.8. The molecule has 2 rings (SSSR count). The summed E-state index contributed by atoms with van der Waals surface area (Å²) < 4.78 is 6.15. The zero-order chi connectivity index (χ0) is 9.42. The van der Waals surface area contributed by atoms with Gasteiger partial charge in [0.2, 0.25) is 0 Å². The van der Waals surface area contributed by atoms with E-state index in [-0.39, 0.29) is 0 Å². The second-order valence-electron chi connectivity index (χ2n) is 3.40. The molecule has 13 heavy (non-hydrogen) atoms. The predicted molar refractivity (Wildman–Crippen MR) is 56.0 cm³/mol.